The maximum absolute atomic E-state index is 12.1. The molecule has 0 bridgehead atoms. The number of carbonyl (C=O) groups excluding carboxylic acids is 2. The zero-order valence-electron chi connectivity index (χ0n) is 63.8. The third-order valence-corrected chi connectivity index (χ3v) is 23.4. The maximum atomic E-state index is 12.1. The summed E-state index contributed by atoms with van der Waals surface area (Å²) in [6, 6.07) is 55.9. The Morgan fingerprint density at radius 2 is 0.929 bits per heavy atom. The molecule has 14 rings (SSSR count). The number of nitrogens with one attached hydrogen (secondary N) is 3. The standard InChI is InChI=1S/C25H33P.C16H12N2O3.C12H14ClNO2.C11H14ClNO.C8H9BO4.C8H5ClN2O.C7H5ClO2/c1-20-12-8-9-17-23(20)24-18-10-11-19-25(24)26(21-13-4-2-5-14-21)22-15-6-3-7-16-22;1-9-2-3-11(16(20)21)7-14(9)10-4-5-13-12(6-10)8-17-18-15(13)19;1-12(2,3)14-10(15)8-5-4-7(13)6-9(8)11(14)16;1-11(2,3)13-10(14)8-4-6-9(12)7-5-8;1-5-2-3-6(8(10)11)4-7(5)9(12)13;9-6-1-2-7-5(3-6)4-10-11-8(7)12;8-6-3-1-5(2-4-6)7(9)10/h8-12,17-19,21-22H,2-7,13-16H2,1H3;2-8H,1H3,(H,18,19)(H,20,21);4-6,11,16H,1-3H3;4-7H,1-3H3,(H,13,14);2-4,12-13H,1H3,(H,10,11);1-4H,(H,11,12);1-4H,(H,9,10). The molecule has 9 N–H and O–H groups in total. The van der Waals surface area contributed by atoms with Gasteiger partial charge < -0.3 is 40.7 Å². The molecule has 0 spiro atoms. The topological polar surface area (TPSA) is 313 Å². The van der Waals surface area contributed by atoms with Crippen LogP contribution in [0.2, 0.25) is 20.1 Å². The first kappa shape index (κ1) is 87.7. The number of carboxylic acid groups (broad SMARTS) is 3. The highest BCUT2D eigenvalue weighted by molar-refractivity contribution is 7.67. The third-order valence-electron chi connectivity index (χ3n) is 18.8. The van der Waals surface area contributed by atoms with Crippen LogP contribution in [0.25, 0.3) is 43.8 Å². The fourth-order valence-corrected chi connectivity index (χ4v) is 17.8. The van der Waals surface area contributed by atoms with Gasteiger partial charge in [0.05, 0.1) is 39.9 Å². The molecule has 2 fully saturated rings. The van der Waals surface area contributed by atoms with Crippen LogP contribution in [0.4, 0.5) is 0 Å². The van der Waals surface area contributed by atoms with Crippen LogP contribution in [-0.2, 0) is 0 Å². The zero-order valence-corrected chi connectivity index (χ0v) is 67.7. The lowest BCUT2D eigenvalue weighted by molar-refractivity contribution is -0.0229. The number of aromatic nitrogens is 4. The van der Waals surface area contributed by atoms with Crippen LogP contribution in [0, 0.1) is 20.8 Å². The first-order valence-corrected chi connectivity index (χ1v) is 39.6. The monoisotopic (exact) mass is 1610 g/mol. The summed E-state index contributed by atoms with van der Waals surface area (Å²) in [6.45, 7) is 17.4. The molecule has 3 heterocycles. The van der Waals surface area contributed by atoms with Crippen molar-refractivity contribution < 1.29 is 54.4 Å². The van der Waals surface area contributed by atoms with Gasteiger partial charge in [-0.25, -0.2) is 24.6 Å². The number of carboxylic acids is 3. The summed E-state index contributed by atoms with van der Waals surface area (Å²) in [4.78, 5) is 79.8. The maximum Gasteiger partial charge on any atom is 0.488 e. The minimum Gasteiger partial charge on any atom is -0.478 e. The number of carbonyl (C=O) groups is 5. The average molecular weight is 1610 g/mol. The highest BCUT2D eigenvalue weighted by Crippen LogP contribution is 2.56. The summed E-state index contributed by atoms with van der Waals surface area (Å²) < 4.78 is 0. The number of fused-ring (bicyclic) bond motifs is 3. The van der Waals surface area contributed by atoms with Crippen LogP contribution in [0.15, 0.2) is 210 Å². The molecular weight excluding hydrogens is 1520 g/mol. The van der Waals surface area contributed by atoms with Gasteiger partial charge in [-0.1, -0.05) is 165 Å². The Balaban J connectivity index is 0.000000168. The SMILES string of the molecule is CC(C)(C)N1C(=O)c2ccc(Cl)cc2C1O.CC(C)(C)NC(=O)c1ccc(Cl)cc1.Cc1ccc(C(=O)O)cc1-c1ccc2c(=O)[nH]ncc2c1.Cc1ccc(C(=O)O)cc1B(O)O.Cc1ccccc1-c1ccccc1P(C1CCCCC1)C1CCCCC1.O=C(O)c1ccc(Cl)cc1.O=c1[nH]ncc2cc(Cl)ccc12. The summed E-state index contributed by atoms with van der Waals surface area (Å²) in [6.07, 6.45) is 16.9. The number of halogens is 4. The minimum atomic E-state index is -1.63. The van der Waals surface area contributed by atoms with Gasteiger partial charge in [-0.15, -0.1) is 0 Å². The predicted octanol–water partition coefficient (Wildman–Crippen LogP) is 18.5. The Kier molecular flexibility index (Phi) is 31.8. The van der Waals surface area contributed by atoms with E-state index in [1.54, 1.807) is 122 Å². The van der Waals surface area contributed by atoms with E-state index in [2.05, 4.69) is 81.2 Å². The van der Waals surface area contributed by atoms with E-state index in [0.29, 0.717) is 53.1 Å². The zero-order chi connectivity index (χ0) is 81.7. The van der Waals surface area contributed by atoms with Gasteiger partial charge in [0.2, 0.25) is 0 Å². The number of amides is 2. The average Bonchev–Trinajstić information content (AvgIpc) is 1.57. The van der Waals surface area contributed by atoms with Gasteiger partial charge in [0.1, 0.15) is 0 Å². The number of benzene rings is 9. The van der Waals surface area contributed by atoms with Gasteiger partial charge in [-0.3, -0.25) is 19.2 Å². The molecule has 2 amide bonds. The molecule has 3 aliphatic rings. The van der Waals surface area contributed by atoms with E-state index < -0.39 is 36.8 Å². The van der Waals surface area contributed by atoms with Crippen molar-refractivity contribution in [3.05, 3.63) is 291 Å². The van der Waals surface area contributed by atoms with E-state index in [9.17, 15) is 38.7 Å². The van der Waals surface area contributed by atoms with Gasteiger partial charge in [0.15, 0.2) is 6.23 Å². The van der Waals surface area contributed by atoms with E-state index in [1.807, 2.05) is 60.6 Å². The number of aryl methyl sites for hydroxylation is 3. The van der Waals surface area contributed by atoms with Crippen molar-refractivity contribution in [1.29, 1.82) is 0 Å². The second-order valence-corrected chi connectivity index (χ2v) is 33.8. The van der Waals surface area contributed by atoms with Crippen molar-refractivity contribution in [1.82, 2.24) is 30.6 Å². The Labute approximate surface area is 672 Å². The fraction of sp³-hybridized carbons (Fsp3) is 0.276. The molecule has 2 saturated carbocycles. The second-order valence-electron chi connectivity index (χ2n) is 29.3. The number of aliphatic hydroxyl groups excluding tert-OH is 1. The van der Waals surface area contributed by atoms with E-state index in [4.69, 9.17) is 71.8 Å². The molecule has 9 aromatic carbocycles. The van der Waals surface area contributed by atoms with Crippen molar-refractivity contribution in [2.75, 3.05) is 0 Å². The minimum absolute atomic E-state index is 0.0489. The Morgan fingerprint density at radius 3 is 1.45 bits per heavy atom. The molecule has 0 saturated heterocycles. The molecule has 1 unspecified atom stereocenters. The number of hydrogen-bond acceptors (Lipinski definition) is 12. The molecule has 0 radical (unpaired) electrons. The van der Waals surface area contributed by atoms with Gasteiger partial charge in [0, 0.05) is 58.6 Å². The smallest absolute Gasteiger partial charge is 0.478 e. The molecule has 1 atom stereocenters. The number of nitrogens with zero attached hydrogens (tertiary/aromatic N) is 3. The van der Waals surface area contributed by atoms with Crippen LogP contribution in [0.5, 0.6) is 0 Å². The van der Waals surface area contributed by atoms with Crippen LogP contribution in [-0.4, -0.2) is 115 Å². The fourth-order valence-electron chi connectivity index (χ4n) is 13.3. The van der Waals surface area contributed by atoms with Crippen molar-refractivity contribution >= 4 is 123 Å². The van der Waals surface area contributed by atoms with Gasteiger partial charge >= 0.3 is 25.0 Å². The van der Waals surface area contributed by atoms with Crippen molar-refractivity contribution in [2.45, 2.75) is 155 Å². The molecule has 19 nitrogen and oxygen atoms in total. The first-order valence-electron chi connectivity index (χ1n) is 36.6. The number of H-pyrrole nitrogens is 2. The molecule has 112 heavy (non-hydrogen) atoms. The molecular formula is C87H92BCl4N6O13P. The largest absolute Gasteiger partial charge is 0.488 e. The summed E-state index contributed by atoms with van der Waals surface area (Å²) in [5.41, 5.74) is 11.1. The lowest BCUT2D eigenvalue weighted by atomic mass is 9.76. The molecule has 1 aliphatic heterocycles. The number of aliphatic hydroxyl groups is 1. The molecule has 584 valence electrons. The van der Waals surface area contributed by atoms with Crippen molar-refractivity contribution in [3.63, 3.8) is 0 Å². The second kappa shape index (κ2) is 40.6. The quantitative estimate of drug-likeness (QED) is 0.0454. The summed E-state index contributed by atoms with van der Waals surface area (Å²) >= 11 is 22.8. The van der Waals surface area contributed by atoms with Crippen LogP contribution in [0.3, 0.4) is 0 Å². The molecule has 11 aromatic rings. The van der Waals surface area contributed by atoms with Crippen molar-refractivity contribution in [3.8, 4) is 22.3 Å². The van der Waals surface area contributed by atoms with Crippen molar-refractivity contribution in [2.24, 2.45) is 0 Å². The number of rotatable bonds is 10. The van der Waals surface area contributed by atoms with Crippen LogP contribution < -0.4 is 27.2 Å². The highest BCUT2D eigenvalue weighted by Gasteiger charge is 2.42. The summed E-state index contributed by atoms with van der Waals surface area (Å²) in [5.74, 6) is -3.20. The van der Waals surface area contributed by atoms with E-state index in [1.165, 1.54) is 116 Å². The predicted molar refractivity (Wildman–Crippen MR) is 451 cm³/mol. The highest BCUT2D eigenvalue weighted by atomic mass is 35.5. The Morgan fingerprint density at radius 1 is 0.482 bits per heavy atom. The number of aromatic carboxylic acids is 3. The first-order chi connectivity index (χ1) is 53.1. The lowest BCUT2D eigenvalue weighted by Gasteiger charge is -2.39. The van der Waals surface area contributed by atoms with Gasteiger partial charge in [0.25, 0.3) is 22.9 Å². The van der Waals surface area contributed by atoms with Gasteiger partial charge in [-0.05, 0) is 265 Å². The van der Waals surface area contributed by atoms with Crippen LogP contribution in [0.1, 0.15) is 186 Å². The third kappa shape index (κ3) is 24.6. The Hall–Kier alpha value is -9.86. The van der Waals surface area contributed by atoms with Crippen LogP contribution >= 0.6 is 54.3 Å². The van der Waals surface area contributed by atoms with Gasteiger partial charge in [-0.2, -0.15) is 10.2 Å². The molecule has 2 aliphatic carbocycles. The number of aromatic amines is 2. The number of hydrogen-bond donors (Lipinski definition) is 9. The summed E-state index contributed by atoms with van der Waals surface area (Å²) in [7, 11) is -1.67. The lowest BCUT2D eigenvalue weighted by Crippen LogP contribution is -2.43. The summed E-state index contributed by atoms with van der Waals surface area (Å²) in [5, 5.41) is 75.7. The van der Waals surface area contributed by atoms with E-state index in [0.717, 1.165) is 38.8 Å². The molecule has 2 aromatic heterocycles. The Bertz CT molecular complexity index is 5220. The van der Waals surface area contributed by atoms with E-state index in [-0.39, 0.29) is 58.5 Å². The van der Waals surface area contributed by atoms with E-state index >= 15 is 0 Å². The normalized spacial score (nSPS) is 14.0. The molecule has 25 heteroatoms.